The number of hydrogen-bond donors (Lipinski definition) is 2. The molecule has 0 aliphatic rings. The van der Waals surface area contributed by atoms with E-state index in [9.17, 15) is 4.79 Å². The Kier molecular flexibility index (Phi) is 5.64. The van der Waals surface area contributed by atoms with Crippen LogP contribution in [0.25, 0.3) is 38.9 Å². The Labute approximate surface area is 228 Å². The van der Waals surface area contributed by atoms with Crippen LogP contribution in [-0.4, -0.2) is 73.6 Å². The van der Waals surface area contributed by atoms with Crippen LogP contribution in [0.15, 0.2) is 33.9 Å². The lowest BCUT2D eigenvalue weighted by atomic mass is 9.60. The van der Waals surface area contributed by atoms with Crippen LogP contribution in [0.5, 0.6) is 0 Å². The SMILES string of the molecule is Bc1c(B)c(B)c(-c2nc(N)n3c(=O)n(Cc4ncoc4C)nc3c2-c2cc(C)c3[nH]ncc3c2)c(B)c1B. The Morgan fingerprint density at radius 2 is 1.69 bits per heavy atom. The molecule has 188 valence electrons. The predicted octanol–water partition coefficient (Wildman–Crippen LogP) is -5.37. The van der Waals surface area contributed by atoms with Crippen molar-refractivity contribution in [3.8, 4) is 22.4 Å². The molecule has 0 unspecified atom stereocenters. The minimum atomic E-state index is -0.393. The number of aryl methyl sites for hydroxylation is 2. The maximum Gasteiger partial charge on any atom is 0.353 e. The quantitative estimate of drug-likeness (QED) is 0.226. The summed E-state index contributed by atoms with van der Waals surface area (Å²) in [5, 5.41) is 13.1. The maximum absolute atomic E-state index is 13.6. The van der Waals surface area contributed by atoms with Crippen LogP contribution in [0.4, 0.5) is 5.95 Å². The van der Waals surface area contributed by atoms with Crippen LogP contribution in [0.3, 0.4) is 0 Å². The predicted molar refractivity (Wildman–Crippen MR) is 168 cm³/mol. The third-order valence-corrected chi connectivity index (χ3v) is 8.17. The van der Waals surface area contributed by atoms with Crippen LogP contribution in [0.1, 0.15) is 17.0 Å². The number of benzene rings is 2. The van der Waals surface area contributed by atoms with E-state index in [1.807, 2.05) is 13.0 Å². The molecule has 6 aromatic rings. The lowest BCUT2D eigenvalue weighted by molar-refractivity contribution is 0.521. The number of hydrogen-bond acceptors (Lipinski definition) is 7. The molecule has 0 bridgehead atoms. The molecule has 0 radical (unpaired) electrons. The minimum absolute atomic E-state index is 0.0765. The first-order chi connectivity index (χ1) is 18.6. The van der Waals surface area contributed by atoms with Crippen molar-refractivity contribution in [1.29, 1.82) is 0 Å². The van der Waals surface area contributed by atoms with E-state index in [4.69, 9.17) is 20.2 Å². The number of aromatic nitrogens is 7. The van der Waals surface area contributed by atoms with Gasteiger partial charge in [0.2, 0.25) is 5.95 Å². The zero-order valence-corrected chi connectivity index (χ0v) is 23.1. The number of aromatic amines is 1. The van der Waals surface area contributed by atoms with Gasteiger partial charge in [-0.2, -0.15) is 5.10 Å². The second-order valence-electron chi connectivity index (χ2n) is 10.3. The second-order valence-corrected chi connectivity index (χ2v) is 10.3. The number of nitrogens with two attached hydrogens (primary N) is 1. The highest BCUT2D eigenvalue weighted by molar-refractivity contribution is 6.68. The van der Waals surface area contributed by atoms with Crippen molar-refractivity contribution in [1.82, 2.24) is 34.3 Å². The topological polar surface area (TPSA) is 133 Å². The number of rotatable bonds is 4. The van der Waals surface area contributed by atoms with Crippen molar-refractivity contribution in [2.24, 2.45) is 0 Å². The van der Waals surface area contributed by atoms with Crippen molar-refractivity contribution >= 4 is 89.0 Å². The number of nitrogen functional groups attached to an aromatic ring is 1. The Morgan fingerprint density at radius 1 is 1.00 bits per heavy atom. The number of oxazole rings is 1. The van der Waals surface area contributed by atoms with Gasteiger partial charge in [0.1, 0.15) is 50.7 Å². The van der Waals surface area contributed by atoms with Gasteiger partial charge in [-0.3, -0.25) is 5.10 Å². The fourth-order valence-electron chi connectivity index (χ4n) is 5.51. The normalized spacial score (nSPS) is 11.6. The van der Waals surface area contributed by atoms with Gasteiger partial charge in [0, 0.05) is 5.39 Å². The first kappa shape index (κ1) is 24.9. The molecule has 0 atom stereocenters. The molecule has 0 saturated carbocycles. The van der Waals surface area contributed by atoms with Gasteiger partial charge in [0.25, 0.3) is 0 Å². The Hall–Kier alpha value is -4.41. The van der Waals surface area contributed by atoms with E-state index in [2.05, 4.69) is 60.5 Å². The van der Waals surface area contributed by atoms with Gasteiger partial charge in [-0.05, 0) is 42.7 Å². The number of H-pyrrole nitrogens is 1. The first-order valence-corrected chi connectivity index (χ1v) is 12.8. The zero-order valence-electron chi connectivity index (χ0n) is 23.1. The fraction of sp³-hybridized carbons (Fsp3) is 0.125. The molecule has 0 aliphatic heterocycles. The molecular formula is C24H25B5N8O2. The summed E-state index contributed by atoms with van der Waals surface area (Å²) in [4.78, 5) is 22.8. The molecule has 0 spiro atoms. The van der Waals surface area contributed by atoms with E-state index in [1.165, 1.54) is 31.9 Å². The Bertz CT molecular complexity index is 1990. The van der Waals surface area contributed by atoms with Gasteiger partial charge in [-0.25, -0.2) is 23.8 Å². The highest BCUT2D eigenvalue weighted by Gasteiger charge is 2.25. The summed E-state index contributed by atoms with van der Waals surface area (Å²) in [5.41, 5.74) is 18.3. The van der Waals surface area contributed by atoms with E-state index in [1.54, 1.807) is 13.1 Å². The van der Waals surface area contributed by atoms with Gasteiger partial charge in [0.15, 0.2) is 12.0 Å². The van der Waals surface area contributed by atoms with Gasteiger partial charge in [0.05, 0.1) is 29.5 Å². The third-order valence-electron chi connectivity index (χ3n) is 8.17. The van der Waals surface area contributed by atoms with Gasteiger partial charge in [-0.15, -0.1) is 21.5 Å². The van der Waals surface area contributed by atoms with Crippen molar-refractivity contribution in [3.63, 3.8) is 0 Å². The number of fused-ring (bicyclic) bond motifs is 2. The summed E-state index contributed by atoms with van der Waals surface area (Å²) in [5.74, 6) is 0.705. The molecule has 15 heteroatoms. The standard InChI is InChI=1S/C24H25B5N8O2/c1-8-3-10(4-11-5-32-34-20(8)11)13-21(14-15(25)17(27)19(29)18(28)16(14)26)33-23(30)37-22(13)35-36(24(37)38)6-12-9(2)39-7-31-12/h3-5,7H,6,25-29H2,1-2H3,(H2,30,33)(H,32,34). The Balaban J connectivity index is 1.75. The fourth-order valence-corrected chi connectivity index (χ4v) is 5.51. The smallest absolute Gasteiger partial charge is 0.353 e. The number of anilines is 1. The van der Waals surface area contributed by atoms with E-state index >= 15 is 0 Å². The van der Waals surface area contributed by atoms with Crippen LogP contribution in [0.2, 0.25) is 0 Å². The molecule has 0 amide bonds. The van der Waals surface area contributed by atoms with Crippen LogP contribution >= 0.6 is 0 Å². The summed E-state index contributed by atoms with van der Waals surface area (Å²) < 4.78 is 8.08. The van der Waals surface area contributed by atoms with Crippen molar-refractivity contribution in [3.05, 3.63) is 52.2 Å². The van der Waals surface area contributed by atoms with Crippen molar-refractivity contribution in [2.45, 2.75) is 20.4 Å². The first-order valence-electron chi connectivity index (χ1n) is 12.8. The van der Waals surface area contributed by atoms with Crippen molar-refractivity contribution in [2.75, 3.05) is 5.73 Å². The molecule has 0 saturated heterocycles. The summed E-state index contributed by atoms with van der Waals surface area (Å²) in [6, 6.07) is 4.12. The molecule has 0 fully saturated rings. The number of nitrogens with one attached hydrogen (secondary N) is 1. The summed E-state index contributed by atoms with van der Waals surface area (Å²) >= 11 is 0. The van der Waals surface area contributed by atoms with E-state index < -0.39 is 5.69 Å². The molecule has 10 nitrogen and oxygen atoms in total. The number of nitrogens with zero attached hydrogens (tertiary/aromatic N) is 6. The zero-order chi connectivity index (χ0) is 27.7. The van der Waals surface area contributed by atoms with Gasteiger partial charge in [-0.1, -0.05) is 10.9 Å². The third kappa shape index (κ3) is 3.67. The largest absolute Gasteiger partial charge is 0.448 e. The summed E-state index contributed by atoms with van der Waals surface area (Å²) in [6.07, 6.45) is 3.16. The average molecular weight is 512 g/mol. The maximum atomic E-state index is 13.6. The molecule has 39 heavy (non-hydrogen) atoms. The van der Waals surface area contributed by atoms with Crippen LogP contribution in [0, 0.1) is 13.8 Å². The van der Waals surface area contributed by atoms with E-state index in [-0.39, 0.29) is 12.5 Å². The molecule has 4 aromatic heterocycles. The van der Waals surface area contributed by atoms with Crippen molar-refractivity contribution < 1.29 is 4.42 Å². The lowest BCUT2D eigenvalue weighted by Gasteiger charge is -2.22. The lowest BCUT2D eigenvalue weighted by Crippen LogP contribution is -2.55. The minimum Gasteiger partial charge on any atom is -0.448 e. The van der Waals surface area contributed by atoms with Gasteiger partial charge < -0.3 is 10.2 Å². The molecule has 3 N–H and O–H groups in total. The summed E-state index contributed by atoms with van der Waals surface area (Å²) in [7, 11) is 10.6. The Morgan fingerprint density at radius 3 is 2.36 bits per heavy atom. The highest BCUT2D eigenvalue weighted by atomic mass is 16.3. The molecular weight excluding hydrogens is 486 g/mol. The average Bonchev–Trinajstić information content (AvgIpc) is 3.62. The molecule has 0 aliphatic carbocycles. The molecule has 2 aromatic carbocycles. The second kappa shape index (κ2) is 8.83. The summed E-state index contributed by atoms with van der Waals surface area (Å²) in [6.45, 7) is 3.98. The van der Waals surface area contributed by atoms with E-state index in [0.717, 1.165) is 44.1 Å². The molecule has 6 rings (SSSR count). The van der Waals surface area contributed by atoms with E-state index in [0.29, 0.717) is 22.8 Å². The van der Waals surface area contributed by atoms with Gasteiger partial charge >= 0.3 is 5.69 Å². The monoisotopic (exact) mass is 512 g/mol. The van der Waals surface area contributed by atoms with Crippen LogP contribution < -0.4 is 38.7 Å². The molecule has 4 heterocycles. The highest BCUT2D eigenvalue weighted by Crippen LogP contribution is 2.35. The van der Waals surface area contributed by atoms with Crippen LogP contribution in [-0.2, 0) is 6.54 Å².